The lowest BCUT2D eigenvalue weighted by Gasteiger charge is -2.09. The van der Waals surface area contributed by atoms with Crippen molar-refractivity contribution in [1.29, 1.82) is 0 Å². The molecule has 2 aromatic heterocycles. The number of pyridine rings is 1. The van der Waals surface area contributed by atoms with E-state index in [1.807, 2.05) is 12.3 Å². The summed E-state index contributed by atoms with van der Waals surface area (Å²) in [5.41, 5.74) is 3.47. The summed E-state index contributed by atoms with van der Waals surface area (Å²) < 4.78 is 0. The van der Waals surface area contributed by atoms with E-state index in [2.05, 4.69) is 22.1 Å². The number of aryl methyl sites for hydroxylation is 1. The van der Waals surface area contributed by atoms with E-state index in [0.29, 0.717) is 5.92 Å². The average Bonchev–Trinajstić information content (AvgIpc) is 2.88. The molecule has 0 atom stereocenters. The monoisotopic (exact) mass is 201 g/mol. The van der Waals surface area contributed by atoms with Crippen LogP contribution in [0.15, 0.2) is 12.3 Å². The zero-order chi connectivity index (χ0) is 10.3. The van der Waals surface area contributed by atoms with Crippen molar-refractivity contribution in [3.8, 4) is 0 Å². The molecule has 0 aromatic carbocycles. The lowest BCUT2D eigenvalue weighted by Crippen LogP contribution is -1.97. The maximum Gasteiger partial charge on any atom is 0.0957 e. The number of aromatic amines is 1. The smallest absolute Gasteiger partial charge is 0.0957 e. The fraction of sp³-hybridized carbons (Fsp3) is 0.500. The predicted molar refractivity (Wildman–Crippen MR) is 59.8 cm³/mol. The third kappa shape index (κ3) is 1.34. The lowest BCUT2D eigenvalue weighted by atomic mass is 9.99. The molecule has 0 amide bonds. The molecule has 1 N–H and O–H groups in total. The van der Waals surface area contributed by atoms with Gasteiger partial charge in [-0.1, -0.05) is 12.8 Å². The van der Waals surface area contributed by atoms with Gasteiger partial charge in [0.1, 0.15) is 0 Å². The normalized spacial score (nSPS) is 17.7. The molecule has 0 unspecified atom stereocenters. The summed E-state index contributed by atoms with van der Waals surface area (Å²) in [6, 6.07) is 1.98. The standard InChI is InChI=1S/C12H15N3/c1-8-11-10(15-14-8)6-7-13-12(11)9-4-2-3-5-9/h6-7,9H,2-5H2,1H3,(H,14,15). The van der Waals surface area contributed by atoms with E-state index in [4.69, 9.17) is 0 Å². The van der Waals surface area contributed by atoms with Crippen LogP contribution in [-0.2, 0) is 0 Å². The van der Waals surface area contributed by atoms with Gasteiger partial charge in [0.2, 0.25) is 0 Å². The Balaban J connectivity index is 2.19. The van der Waals surface area contributed by atoms with E-state index in [-0.39, 0.29) is 0 Å². The van der Waals surface area contributed by atoms with E-state index in [0.717, 1.165) is 11.2 Å². The summed E-state index contributed by atoms with van der Waals surface area (Å²) in [5.74, 6) is 0.657. The van der Waals surface area contributed by atoms with E-state index in [9.17, 15) is 0 Å². The van der Waals surface area contributed by atoms with Crippen LogP contribution in [0, 0.1) is 6.92 Å². The molecule has 2 aromatic rings. The maximum atomic E-state index is 4.56. The molecular weight excluding hydrogens is 186 g/mol. The molecule has 0 saturated heterocycles. The highest BCUT2D eigenvalue weighted by Crippen LogP contribution is 2.36. The van der Waals surface area contributed by atoms with E-state index in [1.54, 1.807) is 0 Å². The third-order valence-corrected chi connectivity index (χ3v) is 3.42. The first-order valence-electron chi connectivity index (χ1n) is 5.66. The van der Waals surface area contributed by atoms with Crippen LogP contribution in [0.1, 0.15) is 43.0 Å². The quantitative estimate of drug-likeness (QED) is 0.770. The van der Waals surface area contributed by atoms with Gasteiger partial charge in [0.05, 0.1) is 11.2 Å². The van der Waals surface area contributed by atoms with Crippen LogP contribution < -0.4 is 0 Å². The zero-order valence-electron chi connectivity index (χ0n) is 8.95. The molecule has 3 heteroatoms. The fourth-order valence-electron chi connectivity index (χ4n) is 2.65. The van der Waals surface area contributed by atoms with Gasteiger partial charge in [-0.2, -0.15) is 5.10 Å². The second kappa shape index (κ2) is 3.33. The van der Waals surface area contributed by atoms with Crippen LogP contribution in [0.4, 0.5) is 0 Å². The van der Waals surface area contributed by atoms with E-state index in [1.165, 1.54) is 36.8 Å². The number of hydrogen-bond donors (Lipinski definition) is 1. The minimum atomic E-state index is 0.657. The number of hydrogen-bond acceptors (Lipinski definition) is 2. The van der Waals surface area contributed by atoms with Crippen molar-refractivity contribution < 1.29 is 0 Å². The van der Waals surface area contributed by atoms with Crippen molar-refractivity contribution in [1.82, 2.24) is 15.2 Å². The SMILES string of the molecule is Cc1[nH]nc2ccnc(C3CCCC3)c12. The Labute approximate surface area is 88.9 Å². The summed E-state index contributed by atoms with van der Waals surface area (Å²) in [5, 5.41) is 8.59. The van der Waals surface area contributed by atoms with Crippen molar-refractivity contribution >= 4 is 10.9 Å². The van der Waals surface area contributed by atoms with Gasteiger partial charge in [-0.05, 0) is 25.8 Å². The number of aromatic nitrogens is 3. The second-order valence-corrected chi connectivity index (χ2v) is 4.42. The van der Waals surface area contributed by atoms with Crippen LogP contribution in [0.25, 0.3) is 10.9 Å². The van der Waals surface area contributed by atoms with Gasteiger partial charge in [-0.3, -0.25) is 10.1 Å². The molecule has 2 heterocycles. The van der Waals surface area contributed by atoms with Crippen molar-refractivity contribution in [3.63, 3.8) is 0 Å². The first-order chi connectivity index (χ1) is 7.36. The molecule has 15 heavy (non-hydrogen) atoms. The van der Waals surface area contributed by atoms with Gasteiger partial charge in [0.25, 0.3) is 0 Å². The summed E-state index contributed by atoms with van der Waals surface area (Å²) in [7, 11) is 0. The molecule has 1 fully saturated rings. The van der Waals surface area contributed by atoms with E-state index >= 15 is 0 Å². The van der Waals surface area contributed by atoms with Crippen LogP contribution in [0.3, 0.4) is 0 Å². The Bertz CT molecular complexity index is 481. The zero-order valence-corrected chi connectivity index (χ0v) is 8.95. The minimum Gasteiger partial charge on any atom is -0.282 e. The largest absolute Gasteiger partial charge is 0.282 e. The van der Waals surface area contributed by atoms with Gasteiger partial charge in [-0.25, -0.2) is 0 Å². The molecule has 0 bridgehead atoms. The Kier molecular flexibility index (Phi) is 1.97. The van der Waals surface area contributed by atoms with Crippen molar-refractivity contribution in [2.24, 2.45) is 0 Å². The average molecular weight is 201 g/mol. The van der Waals surface area contributed by atoms with Gasteiger partial charge >= 0.3 is 0 Å². The Hall–Kier alpha value is -1.38. The third-order valence-electron chi connectivity index (χ3n) is 3.42. The predicted octanol–water partition coefficient (Wildman–Crippen LogP) is 2.92. The number of rotatable bonds is 1. The van der Waals surface area contributed by atoms with Crippen molar-refractivity contribution in [2.75, 3.05) is 0 Å². The van der Waals surface area contributed by atoms with Crippen LogP contribution in [0.5, 0.6) is 0 Å². The summed E-state index contributed by atoms with van der Waals surface area (Å²) >= 11 is 0. The molecule has 0 spiro atoms. The molecule has 3 nitrogen and oxygen atoms in total. The van der Waals surface area contributed by atoms with Crippen molar-refractivity contribution in [2.45, 2.75) is 38.5 Å². The van der Waals surface area contributed by atoms with E-state index < -0.39 is 0 Å². The second-order valence-electron chi connectivity index (χ2n) is 4.42. The molecule has 1 saturated carbocycles. The Morgan fingerprint density at radius 2 is 2.13 bits per heavy atom. The molecule has 1 aliphatic rings. The molecule has 3 rings (SSSR count). The van der Waals surface area contributed by atoms with Crippen LogP contribution in [0.2, 0.25) is 0 Å². The molecule has 0 radical (unpaired) electrons. The van der Waals surface area contributed by atoms with Gasteiger partial charge < -0.3 is 0 Å². The summed E-state index contributed by atoms with van der Waals surface area (Å²) in [6.07, 6.45) is 7.16. The minimum absolute atomic E-state index is 0.657. The Morgan fingerprint density at radius 3 is 2.93 bits per heavy atom. The molecule has 78 valence electrons. The number of fused-ring (bicyclic) bond motifs is 1. The summed E-state index contributed by atoms with van der Waals surface area (Å²) in [4.78, 5) is 4.56. The molecule has 1 aliphatic carbocycles. The Morgan fingerprint density at radius 1 is 1.33 bits per heavy atom. The van der Waals surface area contributed by atoms with Gasteiger partial charge in [0, 0.05) is 23.2 Å². The number of nitrogens with one attached hydrogen (secondary N) is 1. The van der Waals surface area contributed by atoms with Gasteiger partial charge in [-0.15, -0.1) is 0 Å². The number of nitrogens with zero attached hydrogens (tertiary/aromatic N) is 2. The topological polar surface area (TPSA) is 41.6 Å². The highest BCUT2D eigenvalue weighted by molar-refractivity contribution is 5.83. The number of H-pyrrole nitrogens is 1. The maximum absolute atomic E-state index is 4.56. The fourth-order valence-corrected chi connectivity index (χ4v) is 2.65. The highest BCUT2D eigenvalue weighted by Gasteiger charge is 2.21. The van der Waals surface area contributed by atoms with Crippen LogP contribution >= 0.6 is 0 Å². The lowest BCUT2D eigenvalue weighted by molar-refractivity contribution is 0.704. The first kappa shape index (κ1) is 8.89. The van der Waals surface area contributed by atoms with Crippen molar-refractivity contribution in [3.05, 3.63) is 23.7 Å². The highest BCUT2D eigenvalue weighted by atomic mass is 15.1. The molecule has 0 aliphatic heterocycles. The summed E-state index contributed by atoms with van der Waals surface area (Å²) in [6.45, 7) is 2.08. The first-order valence-corrected chi connectivity index (χ1v) is 5.66. The van der Waals surface area contributed by atoms with Crippen LogP contribution in [-0.4, -0.2) is 15.2 Å². The van der Waals surface area contributed by atoms with Gasteiger partial charge in [0.15, 0.2) is 0 Å². The molecular formula is C12H15N3.